The maximum absolute atomic E-state index is 13.4. The van der Waals surface area contributed by atoms with Crippen molar-refractivity contribution in [3.05, 3.63) is 97.5 Å². The van der Waals surface area contributed by atoms with Gasteiger partial charge in [0.15, 0.2) is 5.54 Å². The van der Waals surface area contributed by atoms with Crippen LogP contribution in [0.3, 0.4) is 0 Å². The summed E-state index contributed by atoms with van der Waals surface area (Å²) in [6.07, 6.45) is 1.30. The molecule has 0 saturated carbocycles. The van der Waals surface area contributed by atoms with Crippen LogP contribution in [-0.4, -0.2) is 29.4 Å². The number of benzene rings is 3. The van der Waals surface area contributed by atoms with Crippen molar-refractivity contribution in [2.45, 2.75) is 32.2 Å². The molecule has 2 amide bonds. The van der Waals surface area contributed by atoms with Crippen LogP contribution in [-0.2, 0) is 16.8 Å². The number of fused-ring (bicyclic) bond motifs is 1. The molecular formula is C27H23Cl3N2O4. The second-order valence-electron chi connectivity index (χ2n) is 8.82. The quantitative estimate of drug-likeness (QED) is 0.395. The van der Waals surface area contributed by atoms with Gasteiger partial charge >= 0.3 is 5.97 Å². The van der Waals surface area contributed by atoms with Crippen molar-refractivity contribution >= 4 is 58.3 Å². The molecule has 1 aliphatic heterocycles. The summed E-state index contributed by atoms with van der Waals surface area (Å²) in [5, 5.41) is 13.5. The Bertz CT molecular complexity index is 1350. The van der Waals surface area contributed by atoms with E-state index < -0.39 is 17.4 Å². The molecule has 0 aliphatic carbocycles. The zero-order valence-corrected chi connectivity index (χ0v) is 21.8. The number of carbonyl (C=O) groups is 3. The smallest absolute Gasteiger partial charge is 0.333 e. The standard InChI is InChI=1S/C27H23Cl3N2O4/c1-15-6-3-8-18(28)22(15)24(33)31-27(2,26(35)36)17-11-12-21-16(14-17)7-5-13-32(21)25(34)23-19(29)9-4-10-20(23)30/h3-4,6,8-12,14H,5,7,13H2,1-2H3,(H,31,33)(H,35,36). The van der Waals surface area contributed by atoms with Gasteiger partial charge in [0.05, 0.1) is 26.2 Å². The minimum Gasteiger partial charge on any atom is -0.479 e. The fourth-order valence-electron chi connectivity index (χ4n) is 4.41. The van der Waals surface area contributed by atoms with Crippen LogP contribution < -0.4 is 10.2 Å². The van der Waals surface area contributed by atoms with Crippen molar-refractivity contribution in [2.75, 3.05) is 11.4 Å². The van der Waals surface area contributed by atoms with E-state index in [4.69, 9.17) is 34.8 Å². The lowest BCUT2D eigenvalue weighted by atomic mass is 9.87. The Hall–Kier alpha value is -3.06. The van der Waals surface area contributed by atoms with Crippen molar-refractivity contribution in [2.24, 2.45) is 0 Å². The molecule has 36 heavy (non-hydrogen) atoms. The first-order valence-electron chi connectivity index (χ1n) is 11.2. The zero-order chi connectivity index (χ0) is 26.2. The van der Waals surface area contributed by atoms with Gasteiger partial charge in [0.2, 0.25) is 0 Å². The SMILES string of the molecule is Cc1cccc(Cl)c1C(=O)NC(C)(C(=O)O)c1ccc2c(c1)CCCN2C(=O)c1c(Cl)cccc1Cl. The topological polar surface area (TPSA) is 86.7 Å². The number of amides is 2. The van der Waals surface area contributed by atoms with E-state index in [0.717, 1.165) is 5.56 Å². The summed E-state index contributed by atoms with van der Waals surface area (Å²) in [5.74, 6) is -2.15. The highest BCUT2D eigenvalue weighted by molar-refractivity contribution is 6.40. The molecule has 0 spiro atoms. The molecule has 1 heterocycles. The van der Waals surface area contributed by atoms with Crippen LogP contribution in [0.5, 0.6) is 0 Å². The zero-order valence-electron chi connectivity index (χ0n) is 19.6. The number of aliphatic carboxylic acids is 1. The first kappa shape index (κ1) is 26.0. The van der Waals surface area contributed by atoms with Gasteiger partial charge in [0, 0.05) is 12.2 Å². The van der Waals surface area contributed by atoms with E-state index in [1.54, 1.807) is 66.4 Å². The lowest BCUT2D eigenvalue weighted by molar-refractivity contribution is -0.144. The van der Waals surface area contributed by atoms with Gasteiger partial charge in [-0.05, 0) is 67.6 Å². The summed E-state index contributed by atoms with van der Waals surface area (Å²) in [6, 6.07) is 14.9. The molecule has 0 saturated heterocycles. The second-order valence-corrected chi connectivity index (χ2v) is 10.0. The Balaban J connectivity index is 1.70. The Kier molecular flexibility index (Phi) is 7.32. The van der Waals surface area contributed by atoms with E-state index in [9.17, 15) is 19.5 Å². The van der Waals surface area contributed by atoms with Crippen molar-refractivity contribution in [3.63, 3.8) is 0 Å². The molecule has 1 unspecified atom stereocenters. The van der Waals surface area contributed by atoms with Crippen LogP contribution in [0.1, 0.15) is 50.8 Å². The molecule has 1 aliphatic rings. The van der Waals surface area contributed by atoms with Gasteiger partial charge in [0.25, 0.3) is 11.8 Å². The van der Waals surface area contributed by atoms with Gasteiger partial charge in [-0.3, -0.25) is 9.59 Å². The Morgan fingerprint density at radius 1 is 0.944 bits per heavy atom. The molecule has 0 aromatic heterocycles. The second kappa shape index (κ2) is 10.1. The first-order chi connectivity index (χ1) is 17.0. The van der Waals surface area contributed by atoms with Crippen molar-refractivity contribution < 1.29 is 19.5 Å². The molecule has 3 aromatic rings. The minimum atomic E-state index is -1.74. The third-order valence-corrected chi connectivity index (χ3v) is 7.38. The monoisotopic (exact) mass is 544 g/mol. The first-order valence-corrected chi connectivity index (χ1v) is 12.4. The van der Waals surface area contributed by atoms with Gasteiger partial charge in [-0.2, -0.15) is 0 Å². The highest BCUT2D eigenvalue weighted by Gasteiger charge is 2.39. The van der Waals surface area contributed by atoms with Gasteiger partial charge < -0.3 is 15.3 Å². The largest absolute Gasteiger partial charge is 0.479 e. The van der Waals surface area contributed by atoms with E-state index in [-0.39, 0.29) is 32.1 Å². The lowest BCUT2D eigenvalue weighted by Gasteiger charge is -2.33. The van der Waals surface area contributed by atoms with Crippen LogP contribution in [0.2, 0.25) is 15.1 Å². The molecule has 4 rings (SSSR count). The molecule has 3 aromatic carbocycles. The van der Waals surface area contributed by atoms with E-state index in [1.807, 2.05) is 0 Å². The van der Waals surface area contributed by atoms with Crippen LogP contribution in [0.4, 0.5) is 5.69 Å². The van der Waals surface area contributed by atoms with Gasteiger partial charge in [0.1, 0.15) is 0 Å². The van der Waals surface area contributed by atoms with Crippen LogP contribution in [0.25, 0.3) is 0 Å². The third-order valence-electron chi connectivity index (χ3n) is 6.44. The number of halogens is 3. The number of carboxylic acids is 1. The number of carboxylic acid groups (broad SMARTS) is 1. The van der Waals surface area contributed by atoms with Crippen molar-refractivity contribution in [3.8, 4) is 0 Å². The highest BCUT2D eigenvalue weighted by Crippen LogP contribution is 2.35. The average Bonchev–Trinajstić information content (AvgIpc) is 2.82. The number of anilines is 1. The van der Waals surface area contributed by atoms with E-state index >= 15 is 0 Å². The molecule has 0 fully saturated rings. The third kappa shape index (κ3) is 4.69. The Labute approximate surface area is 223 Å². The lowest BCUT2D eigenvalue weighted by Crippen LogP contribution is -2.50. The fraction of sp³-hybridized carbons (Fsp3) is 0.222. The number of carbonyl (C=O) groups excluding carboxylic acids is 2. The molecule has 9 heteroatoms. The summed E-state index contributed by atoms with van der Waals surface area (Å²) in [6.45, 7) is 3.62. The summed E-state index contributed by atoms with van der Waals surface area (Å²) in [7, 11) is 0. The Morgan fingerprint density at radius 2 is 1.56 bits per heavy atom. The number of aryl methyl sites for hydroxylation is 2. The van der Waals surface area contributed by atoms with Crippen LogP contribution >= 0.6 is 34.8 Å². The van der Waals surface area contributed by atoms with E-state index in [2.05, 4.69) is 5.32 Å². The molecule has 0 radical (unpaired) electrons. The normalized spacial score (nSPS) is 14.5. The number of hydrogen-bond acceptors (Lipinski definition) is 3. The maximum Gasteiger partial charge on any atom is 0.333 e. The van der Waals surface area contributed by atoms with E-state index in [1.165, 1.54) is 6.92 Å². The summed E-state index contributed by atoms with van der Waals surface area (Å²) in [4.78, 5) is 40.5. The Morgan fingerprint density at radius 3 is 2.17 bits per heavy atom. The number of nitrogens with zero attached hydrogens (tertiary/aromatic N) is 1. The molecule has 6 nitrogen and oxygen atoms in total. The van der Waals surface area contributed by atoms with Crippen LogP contribution in [0.15, 0.2) is 54.6 Å². The van der Waals surface area contributed by atoms with Gasteiger partial charge in [-0.1, -0.05) is 65.1 Å². The molecule has 1 atom stereocenters. The van der Waals surface area contributed by atoms with Gasteiger partial charge in [-0.25, -0.2) is 4.79 Å². The molecule has 0 bridgehead atoms. The van der Waals surface area contributed by atoms with E-state index in [0.29, 0.717) is 36.2 Å². The predicted octanol–water partition coefficient (Wildman–Crippen LogP) is 6.28. The summed E-state index contributed by atoms with van der Waals surface area (Å²) < 4.78 is 0. The number of nitrogens with one attached hydrogen (secondary N) is 1. The fourth-order valence-corrected chi connectivity index (χ4v) is 5.28. The number of hydrogen-bond donors (Lipinski definition) is 2. The average molecular weight is 546 g/mol. The summed E-state index contributed by atoms with van der Waals surface area (Å²) >= 11 is 18.8. The van der Waals surface area contributed by atoms with Gasteiger partial charge in [-0.15, -0.1) is 0 Å². The van der Waals surface area contributed by atoms with Crippen molar-refractivity contribution in [1.82, 2.24) is 5.32 Å². The molecule has 2 N–H and O–H groups in total. The molecular weight excluding hydrogens is 523 g/mol. The molecule has 186 valence electrons. The summed E-state index contributed by atoms with van der Waals surface area (Å²) in [5.41, 5.74) is 1.13. The highest BCUT2D eigenvalue weighted by atomic mass is 35.5. The maximum atomic E-state index is 13.4. The minimum absolute atomic E-state index is 0.218. The predicted molar refractivity (Wildman–Crippen MR) is 142 cm³/mol. The number of rotatable bonds is 5. The van der Waals surface area contributed by atoms with Crippen LogP contribution in [0, 0.1) is 6.92 Å². The van der Waals surface area contributed by atoms with Crippen molar-refractivity contribution in [1.29, 1.82) is 0 Å².